The molecule has 6 heteroatoms. The molecule has 0 fully saturated rings. The lowest BCUT2D eigenvalue weighted by molar-refractivity contribution is -0.139. The van der Waals surface area contributed by atoms with Crippen molar-refractivity contribution in [3.63, 3.8) is 0 Å². The lowest BCUT2D eigenvalue weighted by Gasteiger charge is -2.27. The SMILES string of the molecule is CCOC(=O)C1=C(O)C(=O)N(c2ccc(C)cc2)C1c1ccc(OC)cc1. The molecule has 1 aliphatic rings. The maximum Gasteiger partial charge on any atom is 0.340 e. The fourth-order valence-electron chi connectivity index (χ4n) is 3.10. The molecule has 1 amide bonds. The molecule has 1 heterocycles. The molecule has 3 rings (SSSR count). The van der Waals surface area contributed by atoms with Gasteiger partial charge in [0.05, 0.1) is 19.8 Å². The van der Waals surface area contributed by atoms with Gasteiger partial charge in [0.1, 0.15) is 11.3 Å². The molecule has 0 aliphatic carbocycles. The van der Waals surface area contributed by atoms with Crippen molar-refractivity contribution < 1.29 is 24.2 Å². The molecule has 0 saturated carbocycles. The van der Waals surface area contributed by atoms with Gasteiger partial charge in [0, 0.05) is 5.69 Å². The Morgan fingerprint density at radius 2 is 1.74 bits per heavy atom. The van der Waals surface area contributed by atoms with E-state index in [1.165, 1.54) is 4.90 Å². The second-order valence-corrected chi connectivity index (χ2v) is 6.17. The largest absolute Gasteiger partial charge is 0.503 e. The molecule has 2 aromatic carbocycles. The van der Waals surface area contributed by atoms with Crippen LogP contribution in [0, 0.1) is 6.92 Å². The van der Waals surface area contributed by atoms with E-state index in [1.54, 1.807) is 50.4 Å². The monoisotopic (exact) mass is 367 g/mol. The van der Waals surface area contributed by atoms with Gasteiger partial charge in [-0.2, -0.15) is 0 Å². The molecule has 2 aromatic rings. The summed E-state index contributed by atoms with van der Waals surface area (Å²) in [6.45, 7) is 3.76. The Morgan fingerprint density at radius 3 is 2.30 bits per heavy atom. The van der Waals surface area contributed by atoms with Gasteiger partial charge in [-0.25, -0.2) is 4.79 Å². The Hall–Kier alpha value is -3.28. The van der Waals surface area contributed by atoms with Crippen molar-refractivity contribution in [2.24, 2.45) is 0 Å². The molecule has 140 valence electrons. The highest BCUT2D eigenvalue weighted by Gasteiger charge is 2.45. The van der Waals surface area contributed by atoms with Crippen LogP contribution in [0.25, 0.3) is 0 Å². The number of methoxy groups -OCH3 is 1. The summed E-state index contributed by atoms with van der Waals surface area (Å²) >= 11 is 0. The third-order valence-corrected chi connectivity index (χ3v) is 4.45. The number of nitrogens with zero attached hydrogens (tertiary/aromatic N) is 1. The maximum absolute atomic E-state index is 12.8. The van der Waals surface area contributed by atoms with Gasteiger partial charge in [0.15, 0.2) is 5.76 Å². The van der Waals surface area contributed by atoms with E-state index in [1.807, 2.05) is 19.1 Å². The lowest BCUT2D eigenvalue weighted by atomic mass is 9.98. The van der Waals surface area contributed by atoms with Crippen molar-refractivity contribution >= 4 is 17.6 Å². The molecule has 1 N–H and O–H groups in total. The average molecular weight is 367 g/mol. The van der Waals surface area contributed by atoms with Gasteiger partial charge in [0.2, 0.25) is 0 Å². The third-order valence-electron chi connectivity index (χ3n) is 4.45. The van der Waals surface area contributed by atoms with Crippen LogP contribution in [0.3, 0.4) is 0 Å². The number of carbonyl (C=O) groups is 2. The van der Waals surface area contributed by atoms with Crippen LogP contribution >= 0.6 is 0 Å². The molecule has 1 aliphatic heterocycles. The zero-order valence-electron chi connectivity index (χ0n) is 15.4. The Labute approximate surface area is 157 Å². The smallest absolute Gasteiger partial charge is 0.340 e. The van der Waals surface area contributed by atoms with Crippen molar-refractivity contribution in [3.05, 3.63) is 71.0 Å². The number of anilines is 1. The number of aryl methyl sites for hydroxylation is 1. The number of benzene rings is 2. The average Bonchev–Trinajstić information content (AvgIpc) is 2.94. The summed E-state index contributed by atoms with van der Waals surface area (Å²) in [5.41, 5.74) is 2.22. The van der Waals surface area contributed by atoms with Crippen LogP contribution in [0.1, 0.15) is 24.1 Å². The van der Waals surface area contributed by atoms with Gasteiger partial charge < -0.3 is 14.6 Å². The van der Waals surface area contributed by atoms with Crippen molar-refractivity contribution in [1.82, 2.24) is 0 Å². The van der Waals surface area contributed by atoms with E-state index in [9.17, 15) is 14.7 Å². The zero-order chi connectivity index (χ0) is 19.6. The topological polar surface area (TPSA) is 76.1 Å². The number of carbonyl (C=O) groups excluding carboxylic acids is 2. The summed E-state index contributed by atoms with van der Waals surface area (Å²) in [5.74, 6) is -1.29. The second-order valence-electron chi connectivity index (χ2n) is 6.17. The fourth-order valence-corrected chi connectivity index (χ4v) is 3.10. The number of amides is 1. The molecule has 1 unspecified atom stereocenters. The summed E-state index contributed by atoms with van der Waals surface area (Å²) < 4.78 is 10.3. The van der Waals surface area contributed by atoms with Crippen LogP contribution in [-0.4, -0.2) is 30.7 Å². The quantitative estimate of drug-likeness (QED) is 0.819. The lowest BCUT2D eigenvalue weighted by Crippen LogP contribution is -2.31. The Balaban J connectivity index is 2.12. The van der Waals surface area contributed by atoms with E-state index in [-0.39, 0.29) is 12.2 Å². The minimum Gasteiger partial charge on any atom is -0.503 e. The van der Waals surface area contributed by atoms with Gasteiger partial charge in [-0.05, 0) is 43.7 Å². The number of ether oxygens (including phenoxy) is 2. The molecule has 0 aromatic heterocycles. The minimum atomic E-state index is -0.787. The summed E-state index contributed by atoms with van der Waals surface area (Å²) in [4.78, 5) is 26.7. The van der Waals surface area contributed by atoms with Crippen molar-refractivity contribution in [2.45, 2.75) is 19.9 Å². The van der Waals surface area contributed by atoms with E-state index in [2.05, 4.69) is 0 Å². The molecule has 0 saturated heterocycles. The zero-order valence-corrected chi connectivity index (χ0v) is 15.4. The molecule has 0 spiro atoms. The van der Waals surface area contributed by atoms with Gasteiger partial charge in [-0.3, -0.25) is 9.69 Å². The number of aliphatic hydroxyl groups is 1. The first kappa shape index (κ1) is 18.5. The summed E-state index contributed by atoms with van der Waals surface area (Å²) in [6, 6.07) is 13.5. The van der Waals surface area contributed by atoms with E-state index in [0.717, 1.165) is 5.56 Å². The summed E-state index contributed by atoms with van der Waals surface area (Å²) in [5, 5.41) is 10.4. The summed E-state index contributed by atoms with van der Waals surface area (Å²) in [6.07, 6.45) is 0. The predicted molar refractivity (Wildman–Crippen MR) is 101 cm³/mol. The molecule has 0 bridgehead atoms. The minimum absolute atomic E-state index is 0.0624. The van der Waals surface area contributed by atoms with Gasteiger partial charge in [-0.1, -0.05) is 29.8 Å². The highest BCUT2D eigenvalue weighted by Crippen LogP contribution is 2.41. The summed E-state index contributed by atoms with van der Waals surface area (Å²) in [7, 11) is 1.56. The first-order valence-electron chi connectivity index (χ1n) is 8.62. The molecule has 0 radical (unpaired) electrons. The fraction of sp³-hybridized carbons (Fsp3) is 0.238. The standard InChI is InChI=1S/C21H21NO5/c1-4-27-21(25)17-18(14-7-11-16(26-3)12-8-14)22(20(24)19(17)23)15-9-5-13(2)6-10-15/h5-12,18,23H,4H2,1-3H3. The number of aliphatic hydroxyl groups excluding tert-OH is 1. The van der Waals surface area contributed by atoms with Crippen LogP contribution in [0.2, 0.25) is 0 Å². The normalized spacial score (nSPS) is 16.6. The second kappa shape index (κ2) is 7.53. The van der Waals surface area contributed by atoms with Crippen molar-refractivity contribution in [3.8, 4) is 5.75 Å². The van der Waals surface area contributed by atoms with Crippen LogP contribution < -0.4 is 9.64 Å². The van der Waals surface area contributed by atoms with Crippen LogP contribution in [0.15, 0.2) is 59.9 Å². The Bertz CT molecular complexity index is 884. The molecular formula is C21H21NO5. The number of hydrogen-bond acceptors (Lipinski definition) is 5. The predicted octanol–water partition coefficient (Wildman–Crippen LogP) is 3.47. The van der Waals surface area contributed by atoms with Gasteiger partial charge >= 0.3 is 5.97 Å². The van der Waals surface area contributed by atoms with Gasteiger partial charge in [0.25, 0.3) is 5.91 Å². The molecule has 1 atom stereocenters. The number of esters is 1. The molecule has 6 nitrogen and oxygen atoms in total. The first-order chi connectivity index (χ1) is 13.0. The van der Waals surface area contributed by atoms with E-state index in [4.69, 9.17) is 9.47 Å². The van der Waals surface area contributed by atoms with Crippen molar-refractivity contribution in [1.29, 1.82) is 0 Å². The Morgan fingerprint density at radius 1 is 1.11 bits per heavy atom. The van der Waals surface area contributed by atoms with E-state index >= 15 is 0 Å². The molecule has 27 heavy (non-hydrogen) atoms. The van der Waals surface area contributed by atoms with Crippen LogP contribution in [0.5, 0.6) is 5.75 Å². The number of rotatable bonds is 5. The first-order valence-corrected chi connectivity index (χ1v) is 8.62. The van der Waals surface area contributed by atoms with E-state index < -0.39 is 23.7 Å². The van der Waals surface area contributed by atoms with Crippen LogP contribution in [0.4, 0.5) is 5.69 Å². The maximum atomic E-state index is 12.8. The molecular weight excluding hydrogens is 346 g/mol. The third kappa shape index (κ3) is 3.38. The highest BCUT2D eigenvalue weighted by molar-refractivity contribution is 6.15. The van der Waals surface area contributed by atoms with Gasteiger partial charge in [-0.15, -0.1) is 0 Å². The Kier molecular flexibility index (Phi) is 5.16. The highest BCUT2D eigenvalue weighted by atomic mass is 16.5. The van der Waals surface area contributed by atoms with E-state index in [0.29, 0.717) is 17.0 Å². The van der Waals surface area contributed by atoms with Crippen LogP contribution in [-0.2, 0) is 14.3 Å². The number of hydrogen-bond donors (Lipinski definition) is 1. The van der Waals surface area contributed by atoms with Crippen molar-refractivity contribution in [2.75, 3.05) is 18.6 Å².